The van der Waals surface area contributed by atoms with Crippen LogP contribution in [0.2, 0.25) is 0 Å². The summed E-state index contributed by atoms with van der Waals surface area (Å²) in [6.45, 7) is 4.06. The molecule has 0 radical (unpaired) electrons. The molecule has 2 N–H and O–H groups in total. The lowest BCUT2D eigenvalue weighted by Gasteiger charge is -2.15. The van der Waals surface area contributed by atoms with Crippen molar-refractivity contribution in [1.82, 2.24) is 10.0 Å². The van der Waals surface area contributed by atoms with Gasteiger partial charge in [-0.2, -0.15) is 4.72 Å². The van der Waals surface area contributed by atoms with Crippen molar-refractivity contribution in [3.05, 3.63) is 54.1 Å². The highest BCUT2D eigenvalue weighted by molar-refractivity contribution is 7.89. The molecule has 27 heavy (non-hydrogen) atoms. The molecule has 0 saturated heterocycles. The van der Waals surface area contributed by atoms with Crippen LogP contribution in [0.4, 0.5) is 0 Å². The number of amides is 1. The first-order valence-corrected chi connectivity index (χ1v) is 10.0. The Bertz CT molecular complexity index is 866. The molecular weight excluding hydrogens is 368 g/mol. The lowest BCUT2D eigenvalue weighted by atomic mass is 10.2. The summed E-state index contributed by atoms with van der Waals surface area (Å²) in [4.78, 5) is 12.3. The van der Waals surface area contributed by atoms with Gasteiger partial charge in [0, 0.05) is 12.1 Å². The number of rotatable bonds is 9. The van der Waals surface area contributed by atoms with Crippen LogP contribution in [0.3, 0.4) is 0 Å². The van der Waals surface area contributed by atoms with Gasteiger partial charge in [0.1, 0.15) is 11.5 Å². The Kier molecular flexibility index (Phi) is 7.20. The lowest BCUT2D eigenvalue weighted by molar-refractivity contribution is -0.122. The van der Waals surface area contributed by atoms with Crippen molar-refractivity contribution in [1.29, 1.82) is 0 Å². The molecule has 0 fully saturated rings. The average Bonchev–Trinajstić information content (AvgIpc) is 2.66. The van der Waals surface area contributed by atoms with Crippen molar-refractivity contribution in [2.75, 3.05) is 13.7 Å². The molecular formula is C19H24N2O5S. The molecule has 0 unspecified atom stereocenters. The van der Waals surface area contributed by atoms with Crippen molar-refractivity contribution in [3.8, 4) is 11.5 Å². The topological polar surface area (TPSA) is 93.7 Å². The zero-order valence-electron chi connectivity index (χ0n) is 15.6. The second kappa shape index (κ2) is 9.38. The van der Waals surface area contributed by atoms with Crippen molar-refractivity contribution >= 4 is 15.9 Å². The summed E-state index contributed by atoms with van der Waals surface area (Å²) >= 11 is 0. The number of nitrogens with one attached hydrogen (secondary N) is 2. The van der Waals surface area contributed by atoms with Crippen LogP contribution in [-0.2, 0) is 21.4 Å². The number of benzene rings is 2. The van der Waals surface area contributed by atoms with Gasteiger partial charge in [-0.15, -0.1) is 0 Å². The monoisotopic (exact) mass is 392 g/mol. The van der Waals surface area contributed by atoms with Gasteiger partial charge in [-0.25, -0.2) is 8.42 Å². The quantitative estimate of drug-likeness (QED) is 0.681. The van der Waals surface area contributed by atoms with E-state index in [1.54, 1.807) is 25.3 Å². The van der Waals surface area contributed by atoms with Crippen LogP contribution < -0.4 is 19.5 Å². The Hall–Kier alpha value is -2.58. The van der Waals surface area contributed by atoms with E-state index in [-0.39, 0.29) is 11.4 Å². The van der Waals surface area contributed by atoms with Gasteiger partial charge in [0.05, 0.1) is 24.7 Å². The number of hydrogen-bond acceptors (Lipinski definition) is 5. The van der Waals surface area contributed by atoms with Gasteiger partial charge in [0.25, 0.3) is 0 Å². The molecule has 0 spiro atoms. The van der Waals surface area contributed by atoms with Crippen LogP contribution in [0.5, 0.6) is 11.5 Å². The standard InChI is InChI=1S/C19H24N2O5S/c1-4-26-16-9-11-17(12-10-16)27(23,24)21-14(2)19(22)20-13-15-7-5-6-8-18(15)25-3/h5-12,14,21H,4,13H2,1-3H3,(H,20,22)/t14-/m0/s1. The minimum atomic E-state index is -3.82. The molecule has 2 aromatic rings. The number of methoxy groups -OCH3 is 1. The van der Waals surface area contributed by atoms with E-state index in [4.69, 9.17) is 9.47 Å². The molecule has 1 atom stereocenters. The van der Waals surface area contributed by atoms with Crippen molar-refractivity contribution in [2.45, 2.75) is 31.3 Å². The third-order valence-electron chi connectivity index (χ3n) is 3.82. The zero-order chi connectivity index (χ0) is 19.9. The van der Waals surface area contributed by atoms with E-state index in [1.165, 1.54) is 19.1 Å². The summed E-state index contributed by atoms with van der Waals surface area (Å²) in [5.41, 5.74) is 0.801. The molecule has 8 heteroatoms. The summed E-state index contributed by atoms with van der Waals surface area (Å²) in [6.07, 6.45) is 0. The number of para-hydroxylation sites is 1. The van der Waals surface area contributed by atoms with E-state index < -0.39 is 22.0 Å². The third-order valence-corrected chi connectivity index (χ3v) is 5.37. The third kappa shape index (κ3) is 5.70. The highest BCUT2D eigenvalue weighted by Crippen LogP contribution is 2.17. The SMILES string of the molecule is CCOc1ccc(S(=O)(=O)N[C@@H](C)C(=O)NCc2ccccc2OC)cc1. The summed E-state index contributed by atoms with van der Waals surface area (Å²) in [6, 6.07) is 12.4. The first-order chi connectivity index (χ1) is 12.9. The number of ether oxygens (including phenoxy) is 2. The number of carbonyl (C=O) groups excluding carboxylic acids is 1. The molecule has 0 aliphatic heterocycles. The zero-order valence-corrected chi connectivity index (χ0v) is 16.4. The van der Waals surface area contributed by atoms with Gasteiger partial charge in [-0.3, -0.25) is 4.79 Å². The lowest BCUT2D eigenvalue weighted by Crippen LogP contribution is -2.44. The van der Waals surface area contributed by atoms with E-state index in [1.807, 2.05) is 25.1 Å². The Balaban J connectivity index is 1.98. The maximum atomic E-state index is 12.4. The average molecular weight is 392 g/mol. The van der Waals surface area contributed by atoms with Crippen LogP contribution in [0.25, 0.3) is 0 Å². The van der Waals surface area contributed by atoms with E-state index in [0.29, 0.717) is 18.1 Å². The molecule has 146 valence electrons. The van der Waals surface area contributed by atoms with Gasteiger partial charge >= 0.3 is 0 Å². The van der Waals surface area contributed by atoms with E-state index in [9.17, 15) is 13.2 Å². The molecule has 7 nitrogen and oxygen atoms in total. The van der Waals surface area contributed by atoms with Crippen LogP contribution in [0.1, 0.15) is 19.4 Å². The minimum absolute atomic E-state index is 0.0651. The van der Waals surface area contributed by atoms with Gasteiger partial charge in [0.2, 0.25) is 15.9 Å². The molecule has 0 heterocycles. The molecule has 0 aliphatic rings. The van der Waals surface area contributed by atoms with E-state index >= 15 is 0 Å². The summed E-state index contributed by atoms with van der Waals surface area (Å²) < 4.78 is 37.8. The number of carbonyl (C=O) groups is 1. The summed E-state index contributed by atoms with van der Waals surface area (Å²) in [5, 5.41) is 2.71. The van der Waals surface area contributed by atoms with Gasteiger partial charge in [-0.05, 0) is 44.2 Å². The normalized spacial score (nSPS) is 12.3. The van der Waals surface area contributed by atoms with Crippen molar-refractivity contribution in [3.63, 3.8) is 0 Å². The number of hydrogen-bond donors (Lipinski definition) is 2. The first-order valence-electron chi connectivity index (χ1n) is 8.52. The molecule has 0 bridgehead atoms. The van der Waals surface area contributed by atoms with E-state index in [2.05, 4.69) is 10.0 Å². The van der Waals surface area contributed by atoms with Crippen molar-refractivity contribution in [2.24, 2.45) is 0 Å². The molecule has 0 saturated carbocycles. The summed E-state index contributed by atoms with van der Waals surface area (Å²) in [7, 11) is -2.27. The van der Waals surface area contributed by atoms with Gasteiger partial charge in [-0.1, -0.05) is 18.2 Å². The van der Waals surface area contributed by atoms with Crippen molar-refractivity contribution < 1.29 is 22.7 Å². The Morgan fingerprint density at radius 3 is 2.41 bits per heavy atom. The van der Waals surface area contributed by atoms with Crippen LogP contribution >= 0.6 is 0 Å². The largest absolute Gasteiger partial charge is 0.496 e. The van der Waals surface area contributed by atoms with E-state index in [0.717, 1.165) is 5.56 Å². The Morgan fingerprint density at radius 1 is 1.11 bits per heavy atom. The van der Waals surface area contributed by atoms with Gasteiger partial charge < -0.3 is 14.8 Å². The fourth-order valence-corrected chi connectivity index (χ4v) is 3.62. The molecule has 0 aromatic heterocycles. The molecule has 1 amide bonds. The second-order valence-electron chi connectivity index (χ2n) is 5.78. The second-order valence-corrected chi connectivity index (χ2v) is 7.49. The van der Waals surface area contributed by atoms with Crippen LogP contribution in [0, 0.1) is 0 Å². The Labute approximate surface area is 159 Å². The minimum Gasteiger partial charge on any atom is -0.496 e. The number of sulfonamides is 1. The highest BCUT2D eigenvalue weighted by atomic mass is 32.2. The molecule has 2 aromatic carbocycles. The fraction of sp³-hybridized carbons (Fsp3) is 0.316. The predicted octanol–water partition coefficient (Wildman–Crippen LogP) is 2.08. The Morgan fingerprint density at radius 2 is 1.78 bits per heavy atom. The van der Waals surface area contributed by atoms with Crippen LogP contribution in [-0.4, -0.2) is 34.1 Å². The smallest absolute Gasteiger partial charge is 0.241 e. The fourth-order valence-electron chi connectivity index (χ4n) is 2.42. The summed E-state index contributed by atoms with van der Waals surface area (Å²) in [5.74, 6) is 0.801. The predicted molar refractivity (Wildman–Crippen MR) is 102 cm³/mol. The molecule has 0 aliphatic carbocycles. The highest BCUT2D eigenvalue weighted by Gasteiger charge is 2.22. The van der Waals surface area contributed by atoms with Gasteiger partial charge in [0.15, 0.2) is 0 Å². The maximum Gasteiger partial charge on any atom is 0.241 e. The van der Waals surface area contributed by atoms with Crippen LogP contribution in [0.15, 0.2) is 53.4 Å². The molecule has 2 rings (SSSR count). The first kappa shape index (κ1) is 20.7. The maximum absolute atomic E-state index is 12.4.